The van der Waals surface area contributed by atoms with Gasteiger partial charge in [0, 0.05) is 25.7 Å². The molecule has 1 N–H and O–H groups in total. The van der Waals surface area contributed by atoms with E-state index in [-0.39, 0.29) is 0 Å². The number of nitrogens with zero attached hydrogens (tertiary/aromatic N) is 1. The van der Waals surface area contributed by atoms with Crippen LogP contribution in [0.1, 0.15) is 19.8 Å². The molecule has 1 atom stereocenters. The lowest BCUT2D eigenvalue weighted by molar-refractivity contribution is -0.0212. The minimum Gasteiger partial charge on any atom is -0.374 e. The molecule has 14 heavy (non-hydrogen) atoms. The normalized spacial score (nSPS) is 39.4. The van der Waals surface area contributed by atoms with Gasteiger partial charge in [0.1, 0.15) is 0 Å². The first-order valence-corrected chi connectivity index (χ1v) is 5.77. The Labute approximate surface area is 86.8 Å². The van der Waals surface area contributed by atoms with Crippen molar-refractivity contribution in [3.63, 3.8) is 0 Å². The fourth-order valence-electron chi connectivity index (χ4n) is 2.36. The molecule has 0 spiro atoms. The van der Waals surface area contributed by atoms with E-state index in [4.69, 9.17) is 4.74 Å². The van der Waals surface area contributed by atoms with Crippen LogP contribution in [-0.4, -0.2) is 50.3 Å². The quantitative estimate of drug-likeness (QED) is 0.722. The molecule has 2 rings (SSSR count). The molecular formula is C11H22N2O. The predicted molar refractivity (Wildman–Crippen MR) is 57.4 cm³/mol. The molecule has 1 saturated heterocycles. The largest absolute Gasteiger partial charge is 0.374 e. The molecule has 1 aliphatic carbocycles. The van der Waals surface area contributed by atoms with Gasteiger partial charge in [-0.05, 0) is 25.8 Å². The SMILES string of the molecule is CC1CC(NCC2CN(C)CCO2)C1. The highest BCUT2D eigenvalue weighted by molar-refractivity contribution is 4.84. The molecule has 1 unspecified atom stereocenters. The second kappa shape index (κ2) is 4.60. The van der Waals surface area contributed by atoms with E-state index in [1.165, 1.54) is 12.8 Å². The molecule has 82 valence electrons. The zero-order chi connectivity index (χ0) is 9.97. The van der Waals surface area contributed by atoms with E-state index in [0.29, 0.717) is 6.10 Å². The van der Waals surface area contributed by atoms with Crippen molar-refractivity contribution in [3.8, 4) is 0 Å². The highest BCUT2D eigenvalue weighted by Crippen LogP contribution is 2.26. The van der Waals surface area contributed by atoms with Crippen LogP contribution in [0.5, 0.6) is 0 Å². The van der Waals surface area contributed by atoms with Gasteiger partial charge in [0.25, 0.3) is 0 Å². The van der Waals surface area contributed by atoms with E-state index >= 15 is 0 Å². The summed E-state index contributed by atoms with van der Waals surface area (Å²) in [5.41, 5.74) is 0. The summed E-state index contributed by atoms with van der Waals surface area (Å²) >= 11 is 0. The number of likely N-dealkylation sites (N-methyl/N-ethyl adjacent to an activating group) is 1. The van der Waals surface area contributed by atoms with E-state index in [1.807, 2.05) is 0 Å². The summed E-state index contributed by atoms with van der Waals surface area (Å²) < 4.78 is 5.69. The fourth-order valence-corrected chi connectivity index (χ4v) is 2.36. The minimum absolute atomic E-state index is 0.407. The summed E-state index contributed by atoms with van der Waals surface area (Å²) in [5, 5.41) is 3.59. The second-order valence-corrected chi connectivity index (χ2v) is 4.94. The van der Waals surface area contributed by atoms with Gasteiger partial charge in [0.2, 0.25) is 0 Å². The van der Waals surface area contributed by atoms with Gasteiger partial charge in [-0.15, -0.1) is 0 Å². The van der Waals surface area contributed by atoms with Crippen molar-refractivity contribution in [2.45, 2.75) is 31.9 Å². The first-order valence-electron chi connectivity index (χ1n) is 5.77. The Hall–Kier alpha value is -0.120. The monoisotopic (exact) mass is 198 g/mol. The topological polar surface area (TPSA) is 24.5 Å². The molecular weight excluding hydrogens is 176 g/mol. The number of morpholine rings is 1. The third kappa shape index (κ3) is 2.69. The van der Waals surface area contributed by atoms with Gasteiger partial charge in [0.05, 0.1) is 12.7 Å². The summed E-state index contributed by atoms with van der Waals surface area (Å²) in [5.74, 6) is 0.933. The van der Waals surface area contributed by atoms with Crippen molar-refractivity contribution in [1.82, 2.24) is 10.2 Å². The maximum atomic E-state index is 5.69. The van der Waals surface area contributed by atoms with E-state index in [1.54, 1.807) is 0 Å². The molecule has 1 saturated carbocycles. The standard InChI is InChI=1S/C11H22N2O/c1-9-5-10(6-9)12-7-11-8-13(2)3-4-14-11/h9-12H,3-8H2,1-2H3. The molecule has 0 radical (unpaired) electrons. The van der Waals surface area contributed by atoms with Gasteiger partial charge in [-0.25, -0.2) is 0 Å². The van der Waals surface area contributed by atoms with Crippen molar-refractivity contribution in [3.05, 3.63) is 0 Å². The zero-order valence-electron chi connectivity index (χ0n) is 9.33. The maximum Gasteiger partial charge on any atom is 0.0826 e. The van der Waals surface area contributed by atoms with Gasteiger partial charge in [-0.3, -0.25) is 0 Å². The molecule has 3 nitrogen and oxygen atoms in total. The van der Waals surface area contributed by atoms with Crippen LogP contribution in [0.25, 0.3) is 0 Å². The lowest BCUT2D eigenvalue weighted by atomic mass is 9.82. The van der Waals surface area contributed by atoms with Crippen LogP contribution in [0.15, 0.2) is 0 Å². The molecule has 0 amide bonds. The first-order chi connectivity index (χ1) is 6.74. The molecule has 2 fully saturated rings. The molecule has 2 aliphatic rings. The van der Waals surface area contributed by atoms with Gasteiger partial charge in [-0.1, -0.05) is 6.92 Å². The van der Waals surface area contributed by atoms with Gasteiger partial charge in [0.15, 0.2) is 0 Å². The maximum absolute atomic E-state index is 5.69. The number of nitrogens with one attached hydrogen (secondary N) is 1. The highest BCUT2D eigenvalue weighted by Gasteiger charge is 2.26. The summed E-state index contributed by atoms with van der Waals surface area (Å²) in [4.78, 5) is 2.35. The highest BCUT2D eigenvalue weighted by atomic mass is 16.5. The number of hydrogen-bond donors (Lipinski definition) is 1. The van der Waals surface area contributed by atoms with Crippen LogP contribution < -0.4 is 5.32 Å². The lowest BCUT2D eigenvalue weighted by Gasteiger charge is -2.36. The van der Waals surface area contributed by atoms with E-state index < -0.39 is 0 Å². The second-order valence-electron chi connectivity index (χ2n) is 4.94. The van der Waals surface area contributed by atoms with E-state index in [0.717, 1.165) is 38.2 Å². The Kier molecular flexibility index (Phi) is 3.42. The van der Waals surface area contributed by atoms with E-state index in [2.05, 4.69) is 24.2 Å². The van der Waals surface area contributed by atoms with Crippen molar-refractivity contribution >= 4 is 0 Å². The Balaban J connectivity index is 1.60. The summed E-state index contributed by atoms with van der Waals surface area (Å²) in [6.45, 7) is 6.40. The summed E-state index contributed by atoms with van der Waals surface area (Å²) in [7, 11) is 2.17. The van der Waals surface area contributed by atoms with Crippen LogP contribution in [0.3, 0.4) is 0 Å². The van der Waals surface area contributed by atoms with E-state index in [9.17, 15) is 0 Å². The third-order valence-corrected chi connectivity index (χ3v) is 3.35. The first kappa shape index (κ1) is 10.4. The zero-order valence-corrected chi connectivity index (χ0v) is 9.33. The lowest BCUT2D eigenvalue weighted by Crippen LogP contribution is -2.49. The fraction of sp³-hybridized carbons (Fsp3) is 1.00. The Bertz CT molecular complexity index is 180. The van der Waals surface area contributed by atoms with Crippen LogP contribution >= 0.6 is 0 Å². The summed E-state index contributed by atoms with van der Waals surface area (Å²) in [6.07, 6.45) is 3.11. The van der Waals surface area contributed by atoms with Crippen LogP contribution in [0, 0.1) is 5.92 Å². The molecule has 0 aromatic heterocycles. The van der Waals surface area contributed by atoms with Crippen molar-refractivity contribution < 1.29 is 4.74 Å². The Morgan fingerprint density at radius 1 is 1.43 bits per heavy atom. The molecule has 3 heteroatoms. The molecule has 0 bridgehead atoms. The van der Waals surface area contributed by atoms with Crippen molar-refractivity contribution in [2.75, 3.05) is 33.3 Å². The number of hydrogen-bond acceptors (Lipinski definition) is 3. The smallest absolute Gasteiger partial charge is 0.0826 e. The van der Waals surface area contributed by atoms with Crippen LogP contribution in [0.4, 0.5) is 0 Å². The van der Waals surface area contributed by atoms with Gasteiger partial charge in [-0.2, -0.15) is 0 Å². The average Bonchev–Trinajstić information content (AvgIpc) is 2.11. The van der Waals surface area contributed by atoms with Gasteiger partial charge < -0.3 is 15.0 Å². The summed E-state index contributed by atoms with van der Waals surface area (Å²) in [6, 6.07) is 0.765. The predicted octanol–water partition coefficient (Wildman–Crippen LogP) is 0.705. The van der Waals surface area contributed by atoms with Crippen LogP contribution in [0.2, 0.25) is 0 Å². The third-order valence-electron chi connectivity index (χ3n) is 3.35. The molecule has 1 heterocycles. The number of rotatable bonds is 3. The average molecular weight is 198 g/mol. The van der Waals surface area contributed by atoms with Crippen LogP contribution in [-0.2, 0) is 4.74 Å². The minimum atomic E-state index is 0.407. The Morgan fingerprint density at radius 3 is 2.86 bits per heavy atom. The molecule has 0 aromatic carbocycles. The van der Waals surface area contributed by atoms with Crippen molar-refractivity contribution in [2.24, 2.45) is 5.92 Å². The molecule has 1 aliphatic heterocycles. The van der Waals surface area contributed by atoms with Gasteiger partial charge >= 0.3 is 0 Å². The molecule has 0 aromatic rings. The number of ether oxygens (including phenoxy) is 1. The van der Waals surface area contributed by atoms with Crippen molar-refractivity contribution in [1.29, 1.82) is 0 Å². The Morgan fingerprint density at radius 2 is 2.21 bits per heavy atom.